The van der Waals surface area contributed by atoms with Gasteiger partial charge in [-0.2, -0.15) is 5.10 Å². The van der Waals surface area contributed by atoms with E-state index in [2.05, 4.69) is 15.8 Å². The number of hydrogen-bond donors (Lipinski definition) is 2. The van der Waals surface area contributed by atoms with Gasteiger partial charge in [0.15, 0.2) is 0 Å². The van der Waals surface area contributed by atoms with Crippen LogP contribution in [0.5, 0.6) is 0 Å². The maximum Gasteiger partial charge on any atom is 0.264 e. The molecule has 8 nitrogen and oxygen atoms in total. The Balaban J connectivity index is 1.84. The number of carbonyl (C=O) groups excluding carboxylic acids is 2. The fourth-order valence-corrected chi connectivity index (χ4v) is 4.52. The van der Waals surface area contributed by atoms with Gasteiger partial charge in [-0.25, -0.2) is 18.2 Å². The molecule has 0 aliphatic rings. The molecule has 0 aromatic heterocycles. The van der Waals surface area contributed by atoms with Crippen LogP contribution in [0.1, 0.15) is 19.4 Å². The Morgan fingerprint density at radius 3 is 2.29 bits per heavy atom. The number of nitrogens with one attached hydrogen (secondary N) is 2. The monoisotopic (exact) mass is 482 g/mol. The number of hydrazone groups is 1. The van der Waals surface area contributed by atoms with Crippen molar-refractivity contribution in [2.24, 2.45) is 5.10 Å². The number of hydrogen-bond acceptors (Lipinski definition) is 5. The maximum atomic E-state index is 14.5. The first-order valence-corrected chi connectivity index (χ1v) is 11.7. The molecule has 34 heavy (non-hydrogen) atoms. The number of amides is 2. The Hall–Kier alpha value is -4.05. The Labute approximate surface area is 197 Å². The topological polar surface area (TPSA) is 108 Å². The molecule has 3 rings (SSSR count). The Morgan fingerprint density at radius 1 is 0.941 bits per heavy atom. The van der Waals surface area contributed by atoms with Crippen molar-refractivity contribution in [2.45, 2.75) is 18.7 Å². The molecule has 0 atom stereocenters. The highest BCUT2D eigenvalue weighted by Gasteiger charge is 2.29. The van der Waals surface area contributed by atoms with Crippen LogP contribution in [0, 0.1) is 5.82 Å². The van der Waals surface area contributed by atoms with E-state index >= 15 is 0 Å². The van der Waals surface area contributed by atoms with Crippen molar-refractivity contribution in [1.82, 2.24) is 5.43 Å². The van der Waals surface area contributed by atoms with Gasteiger partial charge in [-0.05, 0) is 48.9 Å². The molecule has 0 saturated carbocycles. The molecule has 2 amide bonds. The van der Waals surface area contributed by atoms with Crippen LogP contribution in [0.25, 0.3) is 0 Å². The highest BCUT2D eigenvalue weighted by atomic mass is 32.2. The minimum absolute atomic E-state index is 0.0829. The van der Waals surface area contributed by atoms with E-state index < -0.39 is 28.3 Å². The average molecular weight is 483 g/mol. The lowest BCUT2D eigenvalue weighted by Crippen LogP contribution is -2.40. The minimum atomic E-state index is -4.24. The van der Waals surface area contributed by atoms with E-state index in [1.165, 1.54) is 49.4 Å². The summed E-state index contributed by atoms with van der Waals surface area (Å²) in [6.07, 6.45) is 0. The van der Waals surface area contributed by atoms with Crippen LogP contribution in [0.2, 0.25) is 0 Å². The van der Waals surface area contributed by atoms with Crippen LogP contribution in [0.4, 0.5) is 15.8 Å². The third-order valence-corrected chi connectivity index (χ3v) is 6.46. The molecule has 0 unspecified atom stereocenters. The van der Waals surface area contributed by atoms with Crippen molar-refractivity contribution in [3.63, 3.8) is 0 Å². The molecule has 0 aliphatic heterocycles. The molecule has 2 N–H and O–H groups in total. The zero-order valence-corrected chi connectivity index (χ0v) is 19.3. The average Bonchev–Trinajstić information content (AvgIpc) is 2.82. The van der Waals surface area contributed by atoms with E-state index in [-0.39, 0.29) is 16.5 Å². The van der Waals surface area contributed by atoms with Gasteiger partial charge < -0.3 is 5.32 Å². The molecule has 0 saturated heterocycles. The van der Waals surface area contributed by atoms with Crippen LogP contribution in [0.15, 0.2) is 88.9 Å². The SMILES string of the molecule is CC(=O)Nc1cccc(/C(C)=N\NC(=O)CN(c2ccccc2F)S(=O)(=O)c2ccccc2)c1. The maximum absolute atomic E-state index is 14.5. The predicted molar refractivity (Wildman–Crippen MR) is 128 cm³/mol. The summed E-state index contributed by atoms with van der Waals surface area (Å²) in [6, 6.07) is 19.6. The van der Waals surface area contributed by atoms with Gasteiger partial charge in [-0.15, -0.1) is 0 Å². The first-order chi connectivity index (χ1) is 16.2. The van der Waals surface area contributed by atoms with E-state index in [0.29, 0.717) is 21.3 Å². The van der Waals surface area contributed by atoms with Crippen LogP contribution in [-0.2, 0) is 19.6 Å². The third-order valence-electron chi connectivity index (χ3n) is 4.69. The van der Waals surface area contributed by atoms with Crippen LogP contribution in [-0.4, -0.2) is 32.5 Å². The van der Waals surface area contributed by atoms with Gasteiger partial charge in [0.25, 0.3) is 15.9 Å². The normalized spacial score (nSPS) is 11.6. The largest absolute Gasteiger partial charge is 0.326 e. The van der Waals surface area contributed by atoms with Crippen LogP contribution >= 0.6 is 0 Å². The zero-order chi connectivity index (χ0) is 24.7. The van der Waals surface area contributed by atoms with Crippen molar-refractivity contribution in [3.05, 3.63) is 90.2 Å². The van der Waals surface area contributed by atoms with E-state index in [0.717, 1.165) is 6.07 Å². The number of sulfonamides is 1. The second-order valence-electron chi connectivity index (χ2n) is 7.27. The van der Waals surface area contributed by atoms with Gasteiger partial charge in [0, 0.05) is 12.6 Å². The van der Waals surface area contributed by atoms with Gasteiger partial charge in [-0.3, -0.25) is 13.9 Å². The summed E-state index contributed by atoms with van der Waals surface area (Å²) in [7, 11) is -4.24. The smallest absolute Gasteiger partial charge is 0.264 e. The van der Waals surface area contributed by atoms with Crippen LogP contribution < -0.4 is 15.0 Å². The molecule has 3 aromatic rings. The van der Waals surface area contributed by atoms with Crippen LogP contribution in [0.3, 0.4) is 0 Å². The molecular formula is C24H23FN4O4S. The quantitative estimate of drug-likeness (QED) is 0.378. The molecule has 0 fully saturated rings. The summed E-state index contributed by atoms with van der Waals surface area (Å²) in [5.41, 5.74) is 3.67. The number of para-hydroxylation sites is 1. The molecule has 0 bridgehead atoms. The fraction of sp³-hybridized carbons (Fsp3) is 0.125. The molecule has 0 spiro atoms. The Morgan fingerprint density at radius 2 is 1.62 bits per heavy atom. The second-order valence-corrected chi connectivity index (χ2v) is 9.13. The van der Waals surface area contributed by atoms with E-state index in [1.54, 1.807) is 37.3 Å². The predicted octanol–water partition coefficient (Wildman–Crippen LogP) is 3.52. The van der Waals surface area contributed by atoms with Gasteiger partial charge in [0.05, 0.1) is 16.3 Å². The van der Waals surface area contributed by atoms with Crippen molar-refractivity contribution in [3.8, 4) is 0 Å². The van der Waals surface area contributed by atoms with E-state index in [1.807, 2.05) is 0 Å². The highest BCUT2D eigenvalue weighted by Crippen LogP contribution is 2.26. The van der Waals surface area contributed by atoms with Crippen molar-refractivity contribution in [2.75, 3.05) is 16.2 Å². The van der Waals surface area contributed by atoms with E-state index in [4.69, 9.17) is 0 Å². The Bertz CT molecular complexity index is 1330. The standard InChI is InChI=1S/C24H23FN4O4S/c1-17(19-9-8-10-20(15-19)26-18(2)30)27-28-24(31)16-29(23-14-7-6-13-22(23)25)34(32,33)21-11-4-3-5-12-21/h3-15H,16H2,1-2H3,(H,26,30)(H,28,31)/b27-17-. The molecule has 0 radical (unpaired) electrons. The summed E-state index contributed by atoms with van der Waals surface area (Å²) >= 11 is 0. The first-order valence-electron chi connectivity index (χ1n) is 10.2. The summed E-state index contributed by atoms with van der Waals surface area (Å²) < 4.78 is 41.6. The lowest BCUT2D eigenvalue weighted by atomic mass is 10.1. The second kappa shape index (κ2) is 10.7. The van der Waals surface area contributed by atoms with Gasteiger partial charge in [0.1, 0.15) is 12.4 Å². The minimum Gasteiger partial charge on any atom is -0.326 e. The lowest BCUT2D eigenvalue weighted by molar-refractivity contribution is -0.119. The van der Waals surface area contributed by atoms with Crippen molar-refractivity contribution < 1.29 is 22.4 Å². The molecular weight excluding hydrogens is 459 g/mol. The summed E-state index contributed by atoms with van der Waals surface area (Å²) in [4.78, 5) is 23.8. The third kappa shape index (κ3) is 6.04. The first kappa shape index (κ1) is 24.6. The Kier molecular flexibility index (Phi) is 7.75. The number of benzene rings is 3. The molecule has 0 heterocycles. The molecule has 176 valence electrons. The fourth-order valence-electron chi connectivity index (χ4n) is 3.08. The number of nitrogens with zero attached hydrogens (tertiary/aromatic N) is 2. The highest BCUT2D eigenvalue weighted by molar-refractivity contribution is 7.92. The number of rotatable bonds is 8. The number of halogens is 1. The summed E-state index contributed by atoms with van der Waals surface area (Å²) in [5.74, 6) is -1.78. The number of anilines is 2. The molecule has 3 aromatic carbocycles. The number of carbonyl (C=O) groups is 2. The summed E-state index contributed by atoms with van der Waals surface area (Å²) in [6.45, 7) is 2.34. The van der Waals surface area contributed by atoms with Gasteiger partial charge in [0.2, 0.25) is 5.91 Å². The van der Waals surface area contributed by atoms with Crippen molar-refractivity contribution >= 4 is 38.9 Å². The molecule has 10 heteroatoms. The van der Waals surface area contributed by atoms with Crippen molar-refractivity contribution in [1.29, 1.82) is 0 Å². The lowest BCUT2D eigenvalue weighted by Gasteiger charge is -2.24. The van der Waals surface area contributed by atoms with Gasteiger partial charge in [-0.1, -0.05) is 42.5 Å². The van der Waals surface area contributed by atoms with Gasteiger partial charge >= 0.3 is 0 Å². The molecule has 0 aliphatic carbocycles. The summed E-state index contributed by atoms with van der Waals surface area (Å²) in [5, 5.41) is 6.68. The zero-order valence-electron chi connectivity index (χ0n) is 18.5. The van der Waals surface area contributed by atoms with E-state index in [9.17, 15) is 22.4 Å².